The molecular weight excluding hydrogens is 418 g/mol. The van der Waals surface area contributed by atoms with Crippen molar-refractivity contribution in [3.05, 3.63) is 64.5 Å². The van der Waals surface area contributed by atoms with Gasteiger partial charge in [0.2, 0.25) is 5.91 Å². The van der Waals surface area contributed by atoms with Gasteiger partial charge >= 0.3 is 0 Å². The number of carbonyl (C=O) groups is 1. The molecule has 6 nitrogen and oxygen atoms in total. The van der Waals surface area contributed by atoms with E-state index >= 15 is 0 Å². The minimum Gasteiger partial charge on any atom is -0.484 e. The Bertz CT molecular complexity index is 866. The fraction of sp³-hybridized carbons (Fsp3) is 0.167. The van der Waals surface area contributed by atoms with Crippen molar-refractivity contribution in [1.29, 1.82) is 0 Å². The number of rotatable bonds is 7. The first-order valence-corrected chi connectivity index (χ1v) is 9.56. The molecule has 1 heterocycles. The average Bonchev–Trinajstić information content (AvgIpc) is 3.09. The van der Waals surface area contributed by atoms with Gasteiger partial charge in [-0.1, -0.05) is 45.4 Å². The van der Waals surface area contributed by atoms with Crippen molar-refractivity contribution in [2.24, 2.45) is 0 Å². The summed E-state index contributed by atoms with van der Waals surface area (Å²) in [5, 5.41) is 11.0. The lowest BCUT2D eigenvalue weighted by atomic mass is 10.2. The molecule has 26 heavy (non-hydrogen) atoms. The standard InChI is InChI=1S/C18H16BrN3O3S/c1-12-2-8-15(9-3-12)24-10-17-21-22-18(25-17)26-11-16(23)20-14-6-4-13(19)5-7-14/h2-9H,10-11H2,1H3,(H,20,23). The zero-order valence-electron chi connectivity index (χ0n) is 13.9. The lowest BCUT2D eigenvalue weighted by Gasteiger charge is -2.04. The van der Waals surface area contributed by atoms with Crippen LogP contribution in [0.25, 0.3) is 0 Å². The molecule has 0 aliphatic carbocycles. The van der Waals surface area contributed by atoms with E-state index in [0.29, 0.717) is 11.1 Å². The van der Waals surface area contributed by atoms with Crippen LogP contribution in [0.3, 0.4) is 0 Å². The first-order valence-electron chi connectivity index (χ1n) is 7.78. The highest BCUT2D eigenvalue weighted by molar-refractivity contribution is 9.10. The fourth-order valence-electron chi connectivity index (χ4n) is 1.99. The molecule has 8 heteroatoms. The highest BCUT2D eigenvalue weighted by Gasteiger charge is 2.10. The van der Waals surface area contributed by atoms with Crippen LogP contribution < -0.4 is 10.1 Å². The molecule has 0 fully saturated rings. The Kier molecular flexibility index (Phi) is 6.30. The number of ether oxygens (including phenoxy) is 1. The number of halogens is 1. The van der Waals surface area contributed by atoms with Crippen LogP contribution in [-0.2, 0) is 11.4 Å². The van der Waals surface area contributed by atoms with Crippen LogP contribution >= 0.6 is 27.7 Å². The van der Waals surface area contributed by atoms with Crippen molar-refractivity contribution < 1.29 is 13.9 Å². The number of nitrogens with one attached hydrogen (secondary N) is 1. The van der Waals surface area contributed by atoms with Gasteiger partial charge in [-0.05, 0) is 43.3 Å². The molecule has 1 N–H and O–H groups in total. The van der Waals surface area contributed by atoms with E-state index < -0.39 is 0 Å². The predicted molar refractivity (Wildman–Crippen MR) is 103 cm³/mol. The second-order valence-electron chi connectivity index (χ2n) is 5.41. The summed E-state index contributed by atoms with van der Waals surface area (Å²) in [6.45, 7) is 2.19. The third-order valence-corrected chi connectivity index (χ3v) is 4.63. The van der Waals surface area contributed by atoms with Crippen LogP contribution in [0.15, 0.2) is 62.6 Å². The molecule has 3 aromatic rings. The number of hydrogen-bond acceptors (Lipinski definition) is 6. The van der Waals surface area contributed by atoms with Crippen molar-refractivity contribution in [2.75, 3.05) is 11.1 Å². The topological polar surface area (TPSA) is 77.2 Å². The Morgan fingerprint density at radius 3 is 2.62 bits per heavy atom. The lowest BCUT2D eigenvalue weighted by molar-refractivity contribution is -0.113. The lowest BCUT2D eigenvalue weighted by Crippen LogP contribution is -2.13. The minimum absolute atomic E-state index is 0.145. The maximum Gasteiger partial charge on any atom is 0.277 e. The van der Waals surface area contributed by atoms with Gasteiger partial charge in [-0.15, -0.1) is 10.2 Å². The zero-order chi connectivity index (χ0) is 18.4. The molecule has 0 saturated carbocycles. The molecule has 0 aliphatic rings. The summed E-state index contributed by atoms with van der Waals surface area (Å²) in [4.78, 5) is 12.0. The Balaban J connectivity index is 1.45. The third kappa shape index (κ3) is 5.60. The Morgan fingerprint density at radius 2 is 1.88 bits per heavy atom. The molecule has 0 spiro atoms. The second-order valence-corrected chi connectivity index (χ2v) is 7.25. The van der Waals surface area contributed by atoms with E-state index in [9.17, 15) is 4.79 Å². The Morgan fingerprint density at radius 1 is 1.15 bits per heavy atom. The molecule has 1 amide bonds. The number of aromatic nitrogens is 2. The van der Waals surface area contributed by atoms with Crippen LogP contribution in [0.5, 0.6) is 5.75 Å². The predicted octanol–water partition coefficient (Wildman–Crippen LogP) is 4.45. The zero-order valence-corrected chi connectivity index (χ0v) is 16.3. The van der Waals surface area contributed by atoms with Gasteiger partial charge in [-0.3, -0.25) is 4.79 Å². The summed E-state index contributed by atoms with van der Waals surface area (Å²) in [5.74, 6) is 1.13. The molecule has 0 aliphatic heterocycles. The normalized spacial score (nSPS) is 10.5. The molecule has 0 saturated heterocycles. The molecule has 2 aromatic carbocycles. The van der Waals surface area contributed by atoms with Crippen LogP contribution in [-0.4, -0.2) is 21.9 Å². The third-order valence-electron chi connectivity index (χ3n) is 3.29. The van der Waals surface area contributed by atoms with Gasteiger partial charge in [0.05, 0.1) is 5.75 Å². The van der Waals surface area contributed by atoms with Gasteiger partial charge in [-0.2, -0.15) is 0 Å². The number of aryl methyl sites for hydroxylation is 1. The smallest absolute Gasteiger partial charge is 0.277 e. The SMILES string of the molecule is Cc1ccc(OCc2nnc(SCC(=O)Nc3ccc(Br)cc3)o2)cc1. The molecule has 134 valence electrons. The first-order chi connectivity index (χ1) is 12.6. The van der Waals surface area contributed by atoms with Crippen molar-refractivity contribution in [1.82, 2.24) is 10.2 Å². The Hall–Kier alpha value is -2.32. The van der Waals surface area contributed by atoms with Gasteiger partial charge in [0.25, 0.3) is 11.1 Å². The van der Waals surface area contributed by atoms with E-state index in [2.05, 4.69) is 31.4 Å². The van der Waals surface area contributed by atoms with Crippen LogP contribution in [0.1, 0.15) is 11.5 Å². The van der Waals surface area contributed by atoms with Crippen molar-refractivity contribution >= 4 is 39.3 Å². The summed E-state index contributed by atoms with van der Waals surface area (Å²) in [7, 11) is 0. The first kappa shape index (κ1) is 18.5. The van der Waals surface area contributed by atoms with Gasteiger partial charge in [0.15, 0.2) is 6.61 Å². The van der Waals surface area contributed by atoms with E-state index in [0.717, 1.165) is 21.5 Å². The number of benzene rings is 2. The van der Waals surface area contributed by atoms with Gasteiger partial charge < -0.3 is 14.5 Å². The van der Waals surface area contributed by atoms with E-state index in [4.69, 9.17) is 9.15 Å². The van der Waals surface area contributed by atoms with Crippen LogP contribution in [0.2, 0.25) is 0 Å². The molecule has 0 radical (unpaired) electrons. The number of amides is 1. The monoisotopic (exact) mass is 433 g/mol. The summed E-state index contributed by atoms with van der Waals surface area (Å²) in [6, 6.07) is 15.1. The fourth-order valence-corrected chi connectivity index (χ4v) is 2.84. The number of anilines is 1. The van der Waals surface area contributed by atoms with Crippen LogP contribution in [0.4, 0.5) is 5.69 Å². The van der Waals surface area contributed by atoms with Crippen molar-refractivity contribution in [3.8, 4) is 5.75 Å². The highest BCUT2D eigenvalue weighted by Crippen LogP contribution is 2.19. The average molecular weight is 434 g/mol. The summed E-state index contributed by atoms with van der Waals surface area (Å²) < 4.78 is 12.0. The van der Waals surface area contributed by atoms with Crippen molar-refractivity contribution in [3.63, 3.8) is 0 Å². The molecule has 0 bridgehead atoms. The van der Waals surface area contributed by atoms with Gasteiger partial charge in [0.1, 0.15) is 5.75 Å². The largest absolute Gasteiger partial charge is 0.484 e. The van der Waals surface area contributed by atoms with E-state index in [1.165, 1.54) is 11.8 Å². The van der Waals surface area contributed by atoms with E-state index in [1.807, 2.05) is 55.5 Å². The minimum atomic E-state index is -0.145. The van der Waals surface area contributed by atoms with Gasteiger partial charge in [-0.25, -0.2) is 0 Å². The number of carbonyl (C=O) groups excluding carboxylic acids is 1. The Labute approximate surface area is 163 Å². The van der Waals surface area contributed by atoms with E-state index in [1.54, 1.807) is 0 Å². The highest BCUT2D eigenvalue weighted by atomic mass is 79.9. The van der Waals surface area contributed by atoms with Crippen LogP contribution in [0, 0.1) is 6.92 Å². The molecule has 1 aromatic heterocycles. The quantitative estimate of drug-likeness (QED) is 0.554. The number of nitrogens with zero attached hydrogens (tertiary/aromatic N) is 2. The number of thioether (sulfide) groups is 1. The molecule has 3 rings (SSSR count). The molecular formula is C18H16BrN3O3S. The van der Waals surface area contributed by atoms with E-state index in [-0.39, 0.29) is 18.3 Å². The summed E-state index contributed by atoms with van der Waals surface area (Å²) in [6.07, 6.45) is 0. The van der Waals surface area contributed by atoms with Gasteiger partial charge in [0, 0.05) is 10.2 Å². The maximum atomic E-state index is 12.0. The molecule has 0 unspecified atom stereocenters. The van der Waals surface area contributed by atoms with Crippen molar-refractivity contribution in [2.45, 2.75) is 18.8 Å². The summed E-state index contributed by atoms with van der Waals surface area (Å²) in [5.41, 5.74) is 1.90. The molecule has 0 atom stereocenters. The number of hydrogen-bond donors (Lipinski definition) is 1. The maximum absolute atomic E-state index is 12.0. The summed E-state index contributed by atoms with van der Waals surface area (Å²) >= 11 is 4.53. The second kappa shape index (κ2) is 8.86.